The zero-order valence-corrected chi connectivity index (χ0v) is 14.6. The Morgan fingerprint density at radius 3 is 2.58 bits per heavy atom. The van der Waals surface area contributed by atoms with Gasteiger partial charge in [0.15, 0.2) is 0 Å². The van der Waals surface area contributed by atoms with E-state index < -0.39 is 0 Å². The van der Waals surface area contributed by atoms with Crippen molar-refractivity contribution in [3.8, 4) is 16.8 Å². The lowest BCUT2D eigenvalue weighted by atomic mass is 10.1. The zero-order chi connectivity index (χ0) is 18.1. The Morgan fingerprint density at radius 1 is 1.08 bits per heavy atom. The van der Waals surface area contributed by atoms with Crippen molar-refractivity contribution in [3.63, 3.8) is 0 Å². The Hall–Kier alpha value is -3.25. The summed E-state index contributed by atoms with van der Waals surface area (Å²) in [6.45, 7) is 1.44. The van der Waals surface area contributed by atoms with E-state index in [1.807, 2.05) is 47.2 Å². The van der Waals surface area contributed by atoms with E-state index in [0.29, 0.717) is 11.0 Å². The summed E-state index contributed by atoms with van der Waals surface area (Å²) in [6.07, 6.45) is 5.11. The molecule has 26 heavy (non-hydrogen) atoms. The number of amides is 1. The highest BCUT2D eigenvalue weighted by Crippen LogP contribution is 2.34. The molecule has 0 fully saturated rings. The Kier molecular flexibility index (Phi) is 4.10. The first-order chi connectivity index (χ1) is 12.6. The monoisotopic (exact) mass is 363 g/mol. The number of halogens is 1. The molecule has 4 rings (SSSR count). The van der Waals surface area contributed by atoms with Crippen LogP contribution in [0.4, 0.5) is 5.82 Å². The van der Waals surface area contributed by atoms with E-state index in [0.717, 1.165) is 27.8 Å². The molecule has 0 saturated carbocycles. The van der Waals surface area contributed by atoms with Crippen molar-refractivity contribution in [2.75, 3.05) is 5.32 Å². The average molecular weight is 364 g/mol. The maximum absolute atomic E-state index is 11.2. The summed E-state index contributed by atoms with van der Waals surface area (Å²) in [5, 5.41) is 3.79. The number of fused-ring (bicyclic) bond motifs is 1. The molecule has 0 aliphatic carbocycles. The minimum absolute atomic E-state index is 0.164. The second-order valence-electron chi connectivity index (χ2n) is 5.72. The van der Waals surface area contributed by atoms with Crippen LogP contribution in [0, 0.1) is 0 Å². The van der Waals surface area contributed by atoms with Crippen molar-refractivity contribution in [3.05, 3.63) is 66.3 Å². The third-order valence-electron chi connectivity index (χ3n) is 3.95. The molecule has 128 valence electrons. The summed E-state index contributed by atoms with van der Waals surface area (Å²) in [5.74, 6) is 0.331. The van der Waals surface area contributed by atoms with E-state index in [-0.39, 0.29) is 5.91 Å². The first-order valence-electron chi connectivity index (χ1n) is 7.94. The predicted octanol–water partition coefficient (Wildman–Crippen LogP) is 4.09. The van der Waals surface area contributed by atoms with Gasteiger partial charge in [0.05, 0.1) is 5.39 Å². The normalized spacial score (nSPS) is 10.8. The molecule has 1 amide bonds. The van der Waals surface area contributed by atoms with Crippen LogP contribution in [-0.4, -0.2) is 25.4 Å². The van der Waals surface area contributed by atoms with Gasteiger partial charge in [0.2, 0.25) is 5.91 Å². The highest BCUT2D eigenvalue weighted by atomic mass is 35.5. The first kappa shape index (κ1) is 16.2. The number of anilines is 1. The number of hydrogen-bond acceptors (Lipinski definition) is 4. The second-order valence-corrected chi connectivity index (χ2v) is 6.08. The van der Waals surface area contributed by atoms with Crippen LogP contribution in [0.25, 0.3) is 27.8 Å². The Labute approximate surface area is 154 Å². The molecule has 3 heterocycles. The lowest BCUT2D eigenvalue weighted by Crippen LogP contribution is -2.06. The molecule has 1 N–H and O–H groups in total. The molecule has 0 bridgehead atoms. The highest BCUT2D eigenvalue weighted by Gasteiger charge is 2.16. The van der Waals surface area contributed by atoms with E-state index in [9.17, 15) is 4.79 Å². The van der Waals surface area contributed by atoms with E-state index >= 15 is 0 Å². The number of pyridine rings is 1. The van der Waals surface area contributed by atoms with Crippen LogP contribution < -0.4 is 5.32 Å². The van der Waals surface area contributed by atoms with Gasteiger partial charge in [-0.3, -0.25) is 4.79 Å². The van der Waals surface area contributed by atoms with Crippen molar-refractivity contribution in [2.45, 2.75) is 6.92 Å². The number of carbonyl (C=O) groups is 1. The van der Waals surface area contributed by atoms with Crippen molar-refractivity contribution >= 4 is 34.4 Å². The van der Waals surface area contributed by atoms with Crippen LogP contribution >= 0.6 is 11.6 Å². The maximum atomic E-state index is 11.2. The van der Waals surface area contributed by atoms with Gasteiger partial charge in [-0.05, 0) is 24.3 Å². The summed E-state index contributed by atoms with van der Waals surface area (Å²) < 4.78 is 1.97. The SMILES string of the molecule is CC(=O)Nc1ccc(-c2cn(-c3ccccc3)c3ncnc(Cl)c23)cn1. The fraction of sp³-hybridized carbons (Fsp3) is 0.0526. The van der Waals surface area contributed by atoms with Crippen LogP contribution in [0.1, 0.15) is 6.92 Å². The van der Waals surface area contributed by atoms with E-state index in [4.69, 9.17) is 11.6 Å². The van der Waals surface area contributed by atoms with Gasteiger partial charge in [-0.25, -0.2) is 15.0 Å². The smallest absolute Gasteiger partial charge is 0.222 e. The fourth-order valence-electron chi connectivity index (χ4n) is 2.84. The average Bonchev–Trinajstić information content (AvgIpc) is 3.04. The highest BCUT2D eigenvalue weighted by molar-refractivity contribution is 6.35. The molecule has 0 aliphatic heterocycles. The first-order valence-corrected chi connectivity index (χ1v) is 8.32. The number of nitrogens with zero attached hydrogens (tertiary/aromatic N) is 4. The fourth-order valence-corrected chi connectivity index (χ4v) is 3.07. The minimum Gasteiger partial charge on any atom is -0.311 e. The number of rotatable bonds is 3. The van der Waals surface area contributed by atoms with Gasteiger partial charge in [0.25, 0.3) is 0 Å². The largest absolute Gasteiger partial charge is 0.311 e. The lowest BCUT2D eigenvalue weighted by Gasteiger charge is -2.03. The lowest BCUT2D eigenvalue weighted by molar-refractivity contribution is -0.114. The van der Waals surface area contributed by atoms with Gasteiger partial charge < -0.3 is 9.88 Å². The van der Waals surface area contributed by atoms with Gasteiger partial charge in [-0.1, -0.05) is 29.8 Å². The number of hydrogen-bond donors (Lipinski definition) is 1. The molecule has 0 atom stereocenters. The van der Waals surface area contributed by atoms with Gasteiger partial charge in [0, 0.05) is 36.1 Å². The number of aromatic nitrogens is 4. The number of nitrogens with one attached hydrogen (secondary N) is 1. The predicted molar refractivity (Wildman–Crippen MR) is 101 cm³/mol. The van der Waals surface area contributed by atoms with Gasteiger partial charge in [-0.15, -0.1) is 0 Å². The summed E-state index contributed by atoms with van der Waals surface area (Å²) in [6, 6.07) is 13.5. The molecule has 0 unspecified atom stereocenters. The van der Waals surface area contributed by atoms with Crippen LogP contribution in [0.3, 0.4) is 0 Å². The summed E-state index contributed by atoms with van der Waals surface area (Å²) >= 11 is 6.37. The molecular formula is C19H14ClN5O. The van der Waals surface area contributed by atoms with Crippen LogP contribution in [0.5, 0.6) is 0 Å². The minimum atomic E-state index is -0.164. The Morgan fingerprint density at radius 2 is 1.88 bits per heavy atom. The molecule has 6 nitrogen and oxygen atoms in total. The third kappa shape index (κ3) is 2.91. The third-order valence-corrected chi connectivity index (χ3v) is 4.24. The maximum Gasteiger partial charge on any atom is 0.222 e. The zero-order valence-electron chi connectivity index (χ0n) is 13.8. The van der Waals surface area contributed by atoms with Crippen LogP contribution in [0.2, 0.25) is 5.15 Å². The topological polar surface area (TPSA) is 72.7 Å². The number of para-hydroxylation sites is 1. The molecular weight excluding hydrogens is 350 g/mol. The quantitative estimate of drug-likeness (QED) is 0.556. The molecule has 7 heteroatoms. The number of carbonyl (C=O) groups excluding carboxylic acids is 1. The van der Waals surface area contributed by atoms with Gasteiger partial charge in [0.1, 0.15) is 22.9 Å². The molecule has 4 aromatic rings. The van der Waals surface area contributed by atoms with Crippen LogP contribution in [-0.2, 0) is 4.79 Å². The van der Waals surface area contributed by atoms with Crippen LogP contribution in [0.15, 0.2) is 61.2 Å². The summed E-state index contributed by atoms with van der Waals surface area (Å²) in [5.41, 5.74) is 3.42. The van der Waals surface area contributed by atoms with Crippen molar-refractivity contribution in [1.82, 2.24) is 19.5 Å². The van der Waals surface area contributed by atoms with Crippen molar-refractivity contribution in [2.24, 2.45) is 0 Å². The molecule has 3 aromatic heterocycles. The van der Waals surface area contributed by atoms with E-state index in [1.54, 1.807) is 12.3 Å². The molecule has 0 radical (unpaired) electrons. The van der Waals surface area contributed by atoms with Crippen molar-refractivity contribution < 1.29 is 4.79 Å². The van der Waals surface area contributed by atoms with Crippen molar-refractivity contribution in [1.29, 1.82) is 0 Å². The van der Waals surface area contributed by atoms with E-state index in [1.165, 1.54) is 13.3 Å². The molecule has 0 spiro atoms. The number of benzene rings is 1. The van der Waals surface area contributed by atoms with Gasteiger partial charge in [-0.2, -0.15) is 0 Å². The Bertz CT molecular complexity index is 1090. The molecule has 1 aromatic carbocycles. The second kappa shape index (κ2) is 6.57. The summed E-state index contributed by atoms with van der Waals surface area (Å²) in [7, 11) is 0. The van der Waals surface area contributed by atoms with E-state index in [2.05, 4.69) is 20.3 Å². The van der Waals surface area contributed by atoms with Gasteiger partial charge >= 0.3 is 0 Å². The summed E-state index contributed by atoms with van der Waals surface area (Å²) in [4.78, 5) is 24.0. The molecule has 0 saturated heterocycles. The molecule has 0 aliphatic rings. The standard InChI is InChI=1S/C19H14ClN5O/c1-12(26)24-16-8-7-13(9-21-16)15-10-25(14-5-3-2-4-6-14)19-17(15)18(20)22-11-23-19/h2-11H,1H3,(H,21,24,26). The Balaban J connectivity index is 1.89.